The van der Waals surface area contributed by atoms with Crippen LogP contribution in [0.2, 0.25) is 19.6 Å². The minimum Gasteiger partial charge on any atom is -0.520 e. The van der Waals surface area contributed by atoms with Crippen molar-refractivity contribution in [2.24, 2.45) is 0 Å². The molecule has 1 atom stereocenters. The van der Waals surface area contributed by atoms with Crippen LogP contribution < -0.4 is 0 Å². The van der Waals surface area contributed by atoms with E-state index in [9.17, 15) is 24.2 Å². The molecular formula is C8H15F5O2SSi. The molecule has 9 heteroatoms. The molecule has 0 radical (unpaired) electrons. The lowest BCUT2D eigenvalue weighted by molar-refractivity contribution is -0.135. The lowest BCUT2D eigenvalue weighted by atomic mass is 10.3. The fourth-order valence-electron chi connectivity index (χ4n) is 0.970. The molecule has 0 bridgehead atoms. The second-order valence-corrected chi connectivity index (χ2v) is 11.7. The molecule has 17 heavy (non-hydrogen) atoms. The van der Waals surface area contributed by atoms with Crippen molar-refractivity contribution in [3.8, 4) is 0 Å². The Morgan fingerprint density at radius 2 is 1.71 bits per heavy atom. The second-order valence-electron chi connectivity index (χ2n) is 4.59. The van der Waals surface area contributed by atoms with Crippen LogP contribution in [-0.2, 0) is 9.22 Å². The number of hydrogen-bond donors (Lipinski definition) is 0. The van der Waals surface area contributed by atoms with Gasteiger partial charge in [0.1, 0.15) is 5.25 Å². The van der Waals surface area contributed by atoms with E-state index in [0.29, 0.717) is 0 Å². The molecule has 0 spiro atoms. The first-order chi connectivity index (χ1) is 7.05. The van der Waals surface area contributed by atoms with Gasteiger partial charge in [-0.15, -0.1) is 6.58 Å². The molecule has 0 N–H and O–H groups in total. The smallest absolute Gasteiger partial charge is 0.294 e. The summed E-state index contributed by atoms with van der Waals surface area (Å²) in [5.74, 6) is -1.28. The van der Waals surface area contributed by atoms with E-state index in [1.807, 2.05) is 0 Å². The Balaban J connectivity index is 4.90. The van der Waals surface area contributed by atoms with Crippen molar-refractivity contribution in [2.45, 2.75) is 31.3 Å². The molecule has 0 aromatic heterocycles. The Morgan fingerprint density at radius 1 is 1.29 bits per heavy atom. The number of rotatable bonds is 5. The van der Waals surface area contributed by atoms with Crippen molar-refractivity contribution in [3.05, 3.63) is 12.7 Å². The van der Waals surface area contributed by atoms with Crippen LogP contribution in [-0.4, -0.2) is 19.5 Å². The van der Waals surface area contributed by atoms with Gasteiger partial charge in [-0.05, 0) is 19.6 Å². The van der Waals surface area contributed by atoms with Gasteiger partial charge in [-0.25, -0.2) is 0 Å². The summed E-state index contributed by atoms with van der Waals surface area (Å²) in [6, 6.07) is 0. The highest BCUT2D eigenvalue weighted by molar-refractivity contribution is 8.46. The summed E-state index contributed by atoms with van der Waals surface area (Å²) in [6.07, 6.45) is -1.38. The van der Waals surface area contributed by atoms with Gasteiger partial charge in [0.15, 0.2) is 0 Å². The molecule has 0 aromatic rings. The van der Waals surface area contributed by atoms with Crippen LogP contribution >= 0.6 is 10.2 Å². The first-order valence-electron chi connectivity index (χ1n) is 4.62. The van der Waals surface area contributed by atoms with Crippen LogP contribution in [0.5, 0.6) is 0 Å². The molecule has 0 aliphatic carbocycles. The van der Waals surface area contributed by atoms with E-state index >= 15 is 0 Å². The summed E-state index contributed by atoms with van der Waals surface area (Å²) < 4.78 is 66.7. The summed E-state index contributed by atoms with van der Waals surface area (Å²) in [4.78, 5) is 11.1. The quantitative estimate of drug-likeness (QED) is 0.421. The highest BCUT2D eigenvalue weighted by atomic mass is 32.5. The highest BCUT2D eigenvalue weighted by Crippen LogP contribution is 3.00. The number of hydrogen-bond acceptors (Lipinski definition) is 2. The first kappa shape index (κ1) is 16.4. The Kier molecular flexibility index (Phi) is 3.58. The number of halogens is 5. The molecule has 1 unspecified atom stereocenters. The van der Waals surface area contributed by atoms with Gasteiger partial charge in [0.05, 0.1) is 6.42 Å². The molecule has 2 nitrogen and oxygen atoms in total. The Hall–Kier alpha value is -0.573. The SMILES string of the molecule is C=CC(CC(=O)O[Si](C)(C)C)S(F)(F)(F)(F)F. The van der Waals surface area contributed by atoms with Gasteiger partial charge in [-0.2, -0.15) is 0 Å². The molecule has 0 saturated heterocycles. The van der Waals surface area contributed by atoms with Crippen LogP contribution in [0.25, 0.3) is 0 Å². The van der Waals surface area contributed by atoms with E-state index in [1.54, 1.807) is 19.6 Å². The van der Waals surface area contributed by atoms with Crippen molar-refractivity contribution in [1.82, 2.24) is 0 Å². The standard InChI is InChI=1S/C8H15F5O2SSi/c1-5-7(16(9,10,11,12)13)6-8(14)15-17(2,3)4/h5,7H,1,6H2,2-4H3. The fourth-order valence-corrected chi connectivity index (χ4v) is 2.55. The fraction of sp³-hybridized carbons (Fsp3) is 0.625. The normalized spacial score (nSPS) is 18.8. The molecule has 0 aliphatic heterocycles. The Labute approximate surface area is 97.7 Å². The van der Waals surface area contributed by atoms with Gasteiger partial charge in [0.2, 0.25) is 8.32 Å². The Bertz CT molecular complexity index is 331. The van der Waals surface area contributed by atoms with Gasteiger partial charge in [0.25, 0.3) is 16.2 Å². The van der Waals surface area contributed by atoms with Gasteiger partial charge in [-0.1, -0.05) is 25.5 Å². The molecule has 0 saturated carbocycles. The Morgan fingerprint density at radius 3 is 1.94 bits per heavy atom. The average molecular weight is 298 g/mol. The highest BCUT2D eigenvalue weighted by Gasteiger charge is 2.69. The predicted molar refractivity (Wildman–Crippen MR) is 61.2 cm³/mol. The van der Waals surface area contributed by atoms with Gasteiger partial charge in [0, 0.05) is 0 Å². The van der Waals surface area contributed by atoms with Crippen LogP contribution in [0.4, 0.5) is 19.4 Å². The van der Waals surface area contributed by atoms with E-state index in [1.165, 1.54) is 0 Å². The summed E-state index contributed by atoms with van der Waals surface area (Å²) in [6.45, 7) is 7.39. The largest absolute Gasteiger partial charge is 0.520 e. The van der Waals surface area contributed by atoms with Gasteiger partial charge >= 0.3 is 0 Å². The third-order valence-electron chi connectivity index (χ3n) is 1.62. The van der Waals surface area contributed by atoms with Crippen LogP contribution in [0.1, 0.15) is 6.42 Å². The minimum atomic E-state index is -9.73. The maximum atomic E-state index is 12.4. The third kappa shape index (κ3) is 6.67. The van der Waals surface area contributed by atoms with Crippen molar-refractivity contribution in [1.29, 1.82) is 0 Å². The maximum Gasteiger partial charge on any atom is 0.294 e. The van der Waals surface area contributed by atoms with E-state index in [0.717, 1.165) is 0 Å². The second kappa shape index (κ2) is 3.71. The van der Waals surface area contributed by atoms with Gasteiger partial charge < -0.3 is 4.43 Å². The van der Waals surface area contributed by atoms with E-state index in [2.05, 4.69) is 6.58 Å². The molecule has 0 aromatic carbocycles. The van der Waals surface area contributed by atoms with Crippen LogP contribution in [0.3, 0.4) is 0 Å². The summed E-state index contributed by atoms with van der Waals surface area (Å²) >= 11 is 0. The monoisotopic (exact) mass is 298 g/mol. The minimum absolute atomic E-state index is 0.0486. The molecule has 0 amide bonds. The zero-order valence-electron chi connectivity index (χ0n) is 9.68. The molecule has 104 valence electrons. The molecule has 0 rings (SSSR count). The average Bonchev–Trinajstić information content (AvgIpc) is 1.91. The van der Waals surface area contributed by atoms with E-state index < -0.39 is 36.2 Å². The third-order valence-corrected chi connectivity index (χ3v) is 3.97. The summed E-state index contributed by atoms with van der Waals surface area (Å²) in [5.41, 5.74) is 0. The number of carbonyl (C=O) groups is 1. The van der Waals surface area contributed by atoms with Crippen molar-refractivity contribution in [3.63, 3.8) is 0 Å². The van der Waals surface area contributed by atoms with Crippen LogP contribution in [0.15, 0.2) is 12.7 Å². The molecule has 0 heterocycles. The summed E-state index contributed by atoms with van der Waals surface area (Å²) in [5, 5.41) is -3.14. The van der Waals surface area contributed by atoms with Crippen molar-refractivity contribution < 1.29 is 28.6 Å². The zero-order chi connectivity index (χ0) is 14.2. The van der Waals surface area contributed by atoms with Crippen molar-refractivity contribution in [2.75, 3.05) is 0 Å². The molecular weight excluding hydrogens is 283 g/mol. The van der Waals surface area contributed by atoms with Crippen molar-refractivity contribution >= 4 is 24.5 Å². The topological polar surface area (TPSA) is 26.3 Å². The van der Waals surface area contributed by atoms with E-state index in [4.69, 9.17) is 4.43 Å². The molecule has 0 fully saturated rings. The predicted octanol–water partition coefficient (Wildman–Crippen LogP) is 4.61. The van der Waals surface area contributed by atoms with E-state index in [-0.39, 0.29) is 6.08 Å². The lowest BCUT2D eigenvalue weighted by Crippen LogP contribution is -2.33. The number of carbonyl (C=O) groups excluding carboxylic acids is 1. The molecule has 0 aliphatic rings. The van der Waals surface area contributed by atoms with Crippen LogP contribution in [0, 0.1) is 0 Å². The zero-order valence-corrected chi connectivity index (χ0v) is 11.5. The summed E-state index contributed by atoms with van der Waals surface area (Å²) in [7, 11) is -12.1. The maximum absolute atomic E-state index is 12.4. The lowest BCUT2D eigenvalue weighted by Gasteiger charge is -2.45. The van der Waals surface area contributed by atoms with Gasteiger partial charge in [-0.3, -0.25) is 4.79 Å². The first-order valence-corrected chi connectivity index (χ1v) is 10.0.